The molecule has 13 heteroatoms. The third-order valence-electron chi connectivity index (χ3n) is 7.87. The van der Waals surface area contributed by atoms with Crippen molar-refractivity contribution in [1.29, 1.82) is 0 Å². The highest BCUT2D eigenvalue weighted by Crippen LogP contribution is 2.27. The van der Waals surface area contributed by atoms with Crippen LogP contribution in [0.4, 0.5) is 0 Å². The van der Waals surface area contributed by atoms with Crippen LogP contribution < -0.4 is 21.7 Å². The number of rotatable bonds is 13. The van der Waals surface area contributed by atoms with Gasteiger partial charge in [-0.1, -0.05) is 108 Å². The third kappa shape index (κ3) is 25.0. The van der Waals surface area contributed by atoms with Crippen LogP contribution in [-0.4, -0.2) is 96.1 Å². The molecule has 53 heavy (non-hydrogen) atoms. The fourth-order valence-corrected chi connectivity index (χ4v) is 5.42. The molecule has 2 aliphatic heterocycles. The summed E-state index contributed by atoms with van der Waals surface area (Å²) in [5.74, 6) is -1.46. The molecule has 0 spiro atoms. The van der Waals surface area contributed by atoms with Crippen LogP contribution in [0.15, 0.2) is 17.4 Å². The summed E-state index contributed by atoms with van der Waals surface area (Å²) in [5.41, 5.74) is 5.19. The lowest BCUT2D eigenvalue weighted by Crippen LogP contribution is -2.55. The molecule has 5 amide bonds. The SMILES string of the molecule is CC.CC.CC(C)C.CC1CCCN1C(=O)CNC(=O)C(NC(=O)C1=NC=CN(C)C1)C1CCCCC1.CCC.CCCCC(NC=O)C(=O)C(N)=O. The number of amides is 5. The first-order valence-electron chi connectivity index (χ1n) is 20.1. The number of nitrogens with zero attached hydrogens (tertiary/aromatic N) is 3. The number of ketones is 1. The predicted octanol–water partition coefficient (Wildman–Crippen LogP) is 5.51. The van der Waals surface area contributed by atoms with Crippen LogP contribution in [0.5, 0.6) is 0 Å². The normalized spacial score (nSPS) is 17.0. The Labute approximate surface area is 322 Å². The number of nitrogens with two attached hydrogens (primary N) is 1. The number of carbonyl (C=O) groups is 6. The van der Waals surface area contributed by atoms with E-state index in [1.807, 2.05) is 58.4 Å². The third-order valence-corrected chi connectivity index (χ3v) is 7.87. The van der Waals surface area contributed by atoms with E-state index in [2.05, 4.69) is 55.6 Å². The minimum Gasteiger partial charge on any atom is -0.373 e. The molecule has 3 aliphatic rings. The van der Waals surface area contributed by atoms with E-state index >= 15 is 0 Å². The number of hydrogen-bond donors (Lipinski definition) is 4. The molecule has 3 atom stereocenters. The van der Waals surface area contributed by atoms with Crippen molar-refractivity contribution in [2.45, 2.75) is 165 Å². The lowest BCUT2D eigenvalue weighted by Gasteiger charge is -2.31. The average molecular weight is 752 g/mol. The van der Waals surface area contributed by atoms with Gasteiger partial charge in [-0.3, -0.25) is 33.8 Å². The monoisotopic (exact) mass is 752 g/mol. The van der Waals surface area contributed by atoms with Crippen LogP contribution in [0.3, 0.4) is 0 Å². The highest BCUT2D eigenvalue weighted by molar-refractivity contribution is 6.40. The fraction of sp³-hybridized carbons (Fsp3) is 0.775. The van der Waals surface area contributed by atoms with E-state index in [1.165, 1.54) is 6.42 Å². The molecule has 2 heterocycles. The first kappa shape index (κ1) is 53.6. The lowest BCUT2D eigenvalue weighted by atomic mass is 9.83. The molecule has 0 aromatic heterocycles. The highest BCUT2D eigenvalue weighted by atomic mass is 16.2. The number of aliphatic imine (C=N–C) groups is 1. The summed E-state index contributed by atoms with van der Waals surface area (Å²) in [4.78, 5) is 77.6. The molecule has 2 fully saturated rings. The van der Waals surface area contributed by atoms with E-state index in [1.54, 1.807) is 12.4 Å². The van der Waals surface area contributed by atoms with Crippen molar-refractivity contribution in [2.24, 2.45) is 22.6 Å². The van der Waals surface area contributed by atoms with Crippen LogP contribution >= 0.6 is 0 Å². The molecular formula is C40H77N7O6. The summed E-state index contributed by atoms with van der Waals surface area (Å²) in [6, 6.07) is -1.16. The maximum absolute atomic E-state index is 13.0. The number of likely N-dealkylation sites (tertiary alicyclic amines) is 1. The van der Waals surface area contributed by atoms with Gasteiger partial charge in [0, 0.05) is 32.0 Å². The molecule has 3 rings (SSSR count). The first-order valence-corrected chi connectivity index (χ1v) is 20.1. The van der Waals surface area contributed by atoms with Gasteiger partial charge in [-0.25, -0.2) is 0 Å². The number of primary amides is 1. The Morgan fingerprint density at radius 2 is 1.53 bits per heavy atom. The maximum atomic E-state index is 13.0. The molecule has 13 nitrogen and oxygen atoms in total. The first-order chi connectivity index (χ1) is 25.2. The molecule has 1 aliphatic carbocycles. The summed E-state index contributed by atoms with van der Waals surface area (Å²) in [5, 5.41) is 7.96. The Hall–Kier alpha value is -3.77. The van der Waals surface area contributed by atoms with E-state index in [-0.39, 0.29) is 36.2 Å². The Kier molecular flexibility index (Phi) is 34.4. The lowest BCUT2D eigenvalue weighted by molar-refractivity contribution is -0.137. The van der Waals surface area contributed by atoms with Gasteiger partial charge < -0.3 is 31.5 Å². The molecule has 0 aromatic carbocycles. The number of Topliss-reactive ketones (excluding diaryl/α,β-unsaturated/α-hetero) is 1. The van der Waals surface area contributed by atoms with Crippen molar-refractivity contribution in [3.05, 3.63) is 12.4 Å². The summed E-state index contributed by atoms with van der Waals surface area (Å²) >= 11 is 0. The van der Waals surface area contributed by atoms with Crippen molar-refractivity contribution < 1.29 is 28.8 Å². The van der Waals surface area contributed by atoms with E-state index < -0.39 is 23.8 Å². The maximum Gasteiger partial charge on any atom is 0.287 e. The van der Waals surface area contributed by atoms with Gasteiger partial charge in [-0.05, 0) is 50.9 Å². The average Bonchev–Trinajstić information content (AvgIpc) is 3.59. The quantitative estimate of drug-likeness (QED) is 0.141. The van der Waals surface area contributed by atoms with Gasteiger partial charge in [0.05, 0.1) is 19.1 Å². The second-order valence-electron chi connectivity index (χ2n) is 13.6. The predicted molar refractivity (Wildman–Crippen MR) is 217 cm³/mol. The Morgan fingerprint density at radius 3 is 1.98 bits per heavy atom. The van der Waals surface area contributed by atoms with Crippen molar-refractivity contribution in [2.75, 3.05) is 26.7 Å². The molecule has 0 aromatic rings. The van der Waals surface area contributed by atoms with Gasteiger partial charge >= 0.3 is 0 Å². The molecule has 1 saturated carbocycles. The van der Waals surface area contributed by atoms with Gasteiger partial charge in [-0.2, -0.15) is 0 Å². The molecule has 308 valence electrons. The Bertz CT molecular complexity index is 1090. The van der Waals surface area contributed by atoms with Crippen LogP contribution in [0.2, 0.25) is 0 Å². The van der Waals surface area contributed by atoms with Crippen LogP contribution in [0.25, 0.3) is 0 Å². The molecule has 0 bridgehead atoms. The van der Waals surface area contributed by atoms with E-state index in [0.29, 0.717) is 25.1 Å². The van der Waals surface area contributed by atoms with Crippen LogP contribution in [0, 0.1) is 11.8 Å². The molecule has 5 N–H and O–H groups in total. The standard InChI is InChI=1S/C21H33N5O3.C8H14N2O3.C4H10.C3H8.2C2H6/c1-15-7-6-11-26(15)18(27)13-23-21(29)19(16-8-4-3-5-9-16)24-20(28)17-14-25(2)12-10-22-17;1-2-3-4-6(10-5-11)7(12)8(9)13;1-4(2)3;1-3-2;2*1-2/h10,12,15-16,19H,3-9,11,13-14H2,1-2H3,(H,23,29)(H,24,28);5-6H,2-4H2,1H3,(H2,9,13)(H,10,11);4H,1-3H3;3H2,1-2H3;2*1-2H3. The zero-order chi connectivity index (χ0) is 41.4. The molecule has 0 radical (unpaired) electrons. The van der Waals surface area contributed by atoms with E-state index in [4.69, 9.17) is 5.73 Å². The zero-order valence-corrected chi connectivity index (χ0v) is 35.4. The van der Waals surface area contributed by atoms with Crippen molar-refractivity contribution >= 4 is 41.5 Å². The summed E-state index contributed by atoms with van der Waals surface area (Å²) in [6.45, 7) is 23.9. The Morgan fingerprint density at radius 1 is 0.962 bits per heavy atom. The Balaban J connectivity index is -0.000000866. The molecular weight excluding hydrogens is 674 g/mol. The summed E-state index contributed by atoms with van der Waals surface area (Å²) < 4.78 is 0. The van der Waals surface area contributed by atoms with Gasteiger partial charge in [0.25, 0.3) is 11.8 Å². The van der Waals surface area contributed by atoms with Crippen LogP contribution in [0.1, 0.15) is 147 Å². The van der Waals surface area contributed by atoms with Crippen molar-refractivity contribution in [3.63, 3.8) is 0 Å². The number of hydrogen-bond acceptors (Lipinski definition) is 8. The van der Waals surface area contributed by atoms with E-state index in [0.717, 1.165) is 70.3 Å². The van der Waals surface area contributed by atoms with Gasteiger partial charge in [-0.15, -0.1) is 0 Å². The number of carbonyl (C=O) groups excluding carboxylic acids is 6. The van der Waals surface area contributed by atoms with Gasteiger partial charge in [0.1, 0.15) is 11.8 Å². The number of nitrogens with one attached hydrogen (secondary N) is 3. The minimum atomic E-state index is -1.00. The highest BCUT2D eigenvalue weighted by Gasteiger charge is 2.33. The smallest absolute Gasteiger partial charge is 0.287 e. The van der Waals surface area contributed by atoms with Crippen molar-refractivity contribution in [3.8, 4) is 0 Å². The van der Waals surface area contributed by atoms with Gasteiger partial charge in [0.2, 0.25) is 24.0 Å². The van der Waals surface area contributed by atoms with E-state index in [9.17, 15) is 28.8 Å². The topological polar surface area (TPSA) is 183 Å². The van der Waals surface area contributed by atoms with Crippen molar-refractivity contribution in [1.82, 2.24) is 25.8 Å². The molecule has 1 saturated heterocycles. The second-order valence-corrected chi connectivity index (χ2v) is 13.6. The summed E-state index contributed by atoms with van der Waals surface area (Å²) in [6.07, 6.45) is 14.2. The minimum absolute atomic E-state index is 0.0192. The van der Waals surface area contributed by atoms with Gasteiger partial charge in [0.15, 0.2) is 0 Å². The molecule has 3 unspecified atom stereocenters. The number of unbranched alkanes of at least 4 members (excludes halogenated alkanes) is 1. The summed E-state index contributed by atoms with van der Waals surface area (Å²) in [7, 11) is 1.87. The fourth-order valence-electron chi connectivity index (χ4n) is 5.42. The van der Waals surface area contributed by atoms with Crippen LogP contribution in [-0.2, 0) is 28.8 Å². The zero-order valence-electron chi connectivity index (χ0n) is 35.4. The second kappa shape index (κ2) is 34.0. The largest absolute Gasteiger partial charge is 0.373 e.